The number of ether oxygens (including phenoxy) is 1. The van der Waals surface area contributed by atoms with E-state index in [4.69, 9.17) is 4.74 Å². The molecule has 0 bridgehead atoms. The Hall–Kier alpha value is -2.06. The molecule has 0 saturated carbocycles. The molecule has 3 rings (SSSR count). The number of rotatable bonds is 4. The summed E-state index contributed by atoms with van der Waals surface area (Å²) in [6.45, 7) is 1.86. The van der Waals surface area contributed by atoms with Crippen LogP contribution in [0.2, 0.25) is 0 Å². The predicted octanol–water partition coefficient (Wildman–Crippen LogP) is 2.16. The normalized spacial score (nSPS) is 14.0. The third-order valence-corrected chi connectivity index (χ3v) is 4.23. The van der Waals surface area contributed by atoms with Crippen molar-refractivity contribution in [1.82, 2.24) is 9.36 Å². The van der Waals surface area contributed by atoms with Crippen LogP contribution in [0.3, 0.4) is 0 Å². The largest absolute Gasteiger partial charge is 0.377 e. The third kappa shape index (κ3) is 2.86. The van der Waals surface area contributed by atoms with Gasteiger partial charge < -0.3 is 9.64 Å². The lowest BCUT2D eigenvalue weighted by atomic mass is 9.99. The highest BCUT2D eigenvalue weighted by Crippen LogP contribution is 2.28. The van der Waals surface area contributed by atoms with Gasteiger partial charge in [0.15, 0.2) is 5.82 Å². The van der Waals surface area contributed by atoms with Crippen LogP contribution in [0.1, 0.15) is 17.0 Å². The Morgan fingerprint density at radius 2 is 2.33 bits per heavy atom. The molecule has 0 unspecified atom stereocenters. The molecule has 0 saturated heterocycles. The van der Waals surface area contributed by atoms with E-state index >= 15 is 0 Å². The van der Waals surface area contributed by atoms with Crippen LogP contribution in [0.5, 0.6) is 0 Å². The predicted molar refractivity (Wildman–Crippen MR) is 78.5 cm³/mol. The number of hydrogen-bond acceptors (Lipinski definition) is 7. The molecule has 0 fully saturated rings. The topological polar surface area (TPSA) is 81.4 Å². The Labute approximate surface area is 125 Å². The molecule has 1 aliphatic rings. The van der Waals surface area contributed by atoms with Gasteiger partial charge in [-0.25, -0.2) is 4.98 Å². The second-order valence-corrected chi connectivity index (χ2v) is 5.54. The minimum atomic E-state index is -0.360. The lowest BCUT2D eigenvalue weighted by Crippen LogP contribution is -2.30. The summed E-state index contributed by atoms with van der Waals surface area (Å²) >= 11 is 1.33. The fraction of sp³-hybridized carbons (Fsp3) is 0.385. The summed E-state index contributed by atoms with van der Waals surface area (Å²) in [5, 5.41) is 11.7. The van der Waals surface area contributed by atoms with E-state index in [0.717, 1.165) is 23.7 Å². The van der Waals surface area contributed by atoms with Crippen molar-refractivity contribution in [2.24, 2.45) is 0 Å². The molecule has 1 aliphatic heterocycles. The number of nitro groups is 1. The van der Waals surface area contributed by atoms with Gasteiger partial charge in [-0.15, -0.1) is 0 Å². The quantitative estimate of drug-likeness (QED) is 0.636. The fourth-order valence-corrected chi connectivity index (χ4v) is 3.08. The molecule has 110 valence electrons. The third-order valence-electron chi connectivity index (χ3n) is 3.41. The van der Waals surface area contributed by atoms with Crippen LogP contribution in [0, 0.1) is 10.1 Å². The second kappa shape index (κ2) is 5.74. The van der Waals surface area contributed by atoms with Crippen molar-refractivity contribution in [3.8, 4) is 0 Å². The zero-order valence-electron chi connectivity index (χ0n) is 11.5. The highest BCUT2D eigenvalue weighted by atomic mass is 32.1. The highest BCUT2D eigenvalue weighted by molar-refractivity contribution is 7.09. The second-order valence-electron chi connectivity index (χ2n) is 4.81. The van der Waals surface area contributed by atoms with E-state index in [-0.39, 0.29) is 10.6 Å². The number of hydrogen-bond donors (Lipinski definition) is 0. The van der Waals surface area contributed by atoms with Crippen LogP contribution in [0.4, 0.5) is 10.8 Å². The van der Waals surface area contributed by atoms with E-state index in [1.54, 1.807) is 19.2 Å². The number of aromatic nitrogens is 2. The summed E-state index contributed by atoms with van der Waals surface area (Å²) in [7, 11) is 1.61. The molecule has 1 aromatic heterocycles. The maximum Gasteiger partial charge on any atom is 0.269 e. The Kier molecular flexibility index (Phi) is 3.80. The average molecular weight is 306 g/mol. The van der Waals surface area contributed by atoms with Gasteiger partial charge in [-0.05, 0) is 17.5 Å². The van der Waals surface area contributed by atoms with Crippen molar-refractivity contribution < 1.29 is 9.66 Å². The van der Waals surface area contributed by atoms with E-state index in [0.29, 0.717) is 19.0 Å². The Morgan fingerprint density at radius 1 is 1.48 bits per heavy atom. The summed E-state index contributed by atoms with van der Waals surface area (Å²) < 4.78 is 9.25. The summed E-state index contributed by atoms with van der Waals surface area (Å²) in [5.41, 5.74) is 2.28. The smallest absolute Gasteiger partial charge is 0.269 e. The van der Waals surface area contributed by atoms with Crippen molar-refractivity contribution in [2.45, 2.75) is 19.6 Å². The highest BCUT2D eigenvalue weighted by Gasteiger charge is 2.21. The molecule has 2 aromatic rings. The van der Waals surface area contributed by atoms with E-state index in [1.165, 1.54) is 17.1 Å². The summed E-state index contributed by atoms with van der Waals surface area (Å²) in [4.78, 5) is 17.0. The molecule has 0 aliphatic carbocycles. The molecule has 8 heteroatoms. The van der Waals surface area contributed by atoms with Gasteiger partial charge in [0.2, 0.25) is 5.13 Å². The zero-order chi connectivity index (χ0) is 14.8. The molecule has 0 amide bonds. The molecule has 0 atom stereocenters. The van der Waals surface area contributed by atoms with E-state index < -0.39 is 0 Å². The van der Waals surface area contributed by atoms with Gasteiger partial charge >= 0.3 is 0 Å². The van der Waals surface area contributed by atoms with Crippen molar-refractivity contribution in [1.29, 1.82) is 0 Å². The number of methoxy groups -OCH3 is 1. The first kappa shape index (κ1) is 13.9. The van der Waals surface area contributed by atoms with Crippen molar-refractivity contribution >= 4 is 22.4 Å². The molecule has 2 heterocycles. The first-order valence-electron chi connectivity index (χ1n) is 6.50. The lowest BCUT2D eigenvalue weighted by molar-refractivity contribution is -0.384. The Balaban J connectivity index is 1.82. The van der Waals surface area contributed by atoms with Crippen molar-refractivity contribution in [3.63, 3.8) is 0 Å². The van der Waals surface area contributed by atoms with Crippen LogP contribution in [0.25, 0.3) is 0 Å². The molecule has 7 nitrogen and oxygen atoms in total. The maximum atomic E-state index is 10.9. The molecule has 1 aromatic carbocycles. The van der Waals surface area contributed by atoms with Gasteiger partial charge in [0.1, 0.15) is 6.61 Å². The summed E-state index contributed by atoms with van der Waals surface area (Å²) in [6, 6.07) is 5.07. The Bertz CT molecular complexity index is 673. The number of fused-ring (bicyclic) bond motifs is 1. The van der Waals surface area contributed by atoms with Gasteiger partial charge in [-0.2, -0.15) is 4.37 Å². The lowest BCUT2D eigenvalue weighted by Gasteiger charge is -2.27. The van der Waals surface area contributed by atoms with Gasteiger partial charge in [-0.1, -0.05) is 6.07 Å². The van der Waals surface area contributed by atoms with E-state index in [2.05, 4.69) is 14.3 Å². The number of benzene rings is 1. The van der Waals surface area contributed by atoms with Crippen LogP contribution < -0.4 is 4.90 Å². The zero-order valence-corrected chi connectivity index (χ0v) is 12.3. The van der Waals surface area contributed by atoms with Gasteiger partial charge in [-0.3, -0.25) is 10.1 Å². The average Bonchev–Trinajstić information content (AvgIpc) is 2.95. The van der Waals surface area contributed by atoms with Crippen LogP contribution in [-0.2, 0) is 24.3 Å². The van der Waals surface area contributed by atoms with Crippen molar-refractivity contribution in [3.05, 3.63) is 45.3 Å². The standard InChI is InChI=1S/C13H14N4O3S/c1-20-8-12-14-13(21-15-12)16-5-4-9-2-3-11(17(18)19)6-10(9)7-16/h2-3,6H,4-5,7-8H2,1H3. The van der Waals surface area contributed by atoms with Crippen molar-refractivity contribution in [2.75, 3.05) is 18.6 Å². The first-order chi connectivity index (χ1) is 10.2. The van der Waals surface area contributed by atoms with Gasteiger partial charge in [0.25, 0.3) is 5.69 Å². The fourth-order valence-electron chi connectivity index (χ4n) is 2.38. The molecule has 21 heavy (non-hydrogen) atoms. The number of nitro benzene ring substituents is 1. The number of anilines is 1. The monoisotopic (exact) mass is 306 g/mol. The maximum absolute atomic E-state index is 10.9. The van der Waals surface area contributed by atoms with Crippen LogP contribution >= 0.6 is 11.5 Å². The molecular weight excluding hydrogens is 292 g/mol. The van der Waals surface area contributed by atoms with Gasteiger partial charge in [0, 0.05) is 43.9 Å². The molecule has 0 spiro atoms. The van der Waals surface area contributed by atoms with Crippen LogP contribution in [-0.4, -0.2) is 27.9 Å². The van der Waals surface area contributed by atoms with E-state index in [9.17, 15) is 10.1 Å². The summed E-state index contributed by atoms with van der Waals surface area (Å²) in [5.74, 6) is 0.669. The number of non-ortho nitro benzene ring substituents is 1. The van der Waals surface area contributed by atoms with E-state index in [1.807, 2.05) is 6.07 Å². The minimum absolute atomic E-state index is 0.132. The minimum Gasteiger partial charge on any atom is -0.377 e. The number of nitrogens with zero attached hydrogens (tertiary/aromatic N) is 4. The van der Waals surface area contributed by atoms with Crippen LogP contribution in [0.15, 0.2) is 18.2 Å². The summed E-state index contributed by atoms with van der Waals surface area (Å²) in [6.07, 6.45) is 0.854. The SMILES string of the molecule is COCc1nsc(N2CCc3ccc([N+](=O)[O-])cc3C2)n1. The van der Waals surface area contributed by atoms with Gasteiger partial charge in [0.05, 0.1) is 4.92 Å². The first-order valence-corrected chi connectivity index (χ1v) is 7.27. The molecular formula is C13H14N4O3S. The molecule has 0 radical (unpaired) electrons. The Morgan fingerprint density at radius 3 is 3.10 bits per heavy atom. The molecule has 0 N–H and O–H groups in total.